The molecule has 3 aromatic carbocycles. The van der Waals surface area contributed by atoms with Crippen LogP contribution in [0.4, 0.5) is 13.2 Å². The van der Waals surface area contributed by atoms with Gasteiger partial charge in [-0.05, 0) is 60.2 Å². The molecule has 0 atom stereocenters. The number of halogens is 3. The van der Waals surface area contributed by atoms with Crippen LogP contribution in [0.1, 0.15) is 43.7 Å². The number of nitrogens with two attached hydrogens (primary N) is 1. The molecule has 0 bridgehead atoms. The largest absolute Gasteiger partial charge is 0.494 e. The number of aldehydes is 1. The second-order valence-electron chi connectivity index (χ2n) is 9.20. The SMILES string of the molecule is CCOc1ccc2nc(SCCCCCC3(C=O)c4ccccc4-c4ccccc43)sc2c1.NCC(F)(F)F. The smallest absolute Gasteiger partial charge is 0.400 e. The lowest BCUT2D eigenvalue weighted by molar-refractivity contribution is -0.118. The third kappa shape index (κ3) is 6.83. The molecule has 0 spiro atoms. The first-order valence-corrected chi connectivity index (χ1v) is 14.7. The molecule has 1 aliphatic carbocycles. The Morgan fingerprint density at radius 3 is 2.23 bits per heavy atom. The van der Waals surface area contributed by atoms with E-state index in [9.17, 15) is 18.0 Å². The molecule has 0 radical (unpaired) electrons. The fourth-order valence-corrected chi connectivity index (χ4v) is 7.02. The lowest BCUT2D eigenvalue weighted by atomic mass is 9.75. The summed E-state index contributed by atoms with van der Waals surface area (Å²) in [6.07, 6.45) is 1.11. The standard InChI is InChI=1S/C28H27NO2S2.C2H4F3N/c1-2-31-20-14-15-25-26(18-20)33-27(29-25)32-17-9-3-8-16-28(19-30)23-12-6-4-10-21(23)22-11-5-7-13-24(22)28;3-2(4,5)1-6/h4-7,10-15,18-19H,2-3,8-9,16-17H2,1H3;1,6H2. The summed E-state index contributed by atoms with van der Waals surface area (Å²) in [4.78, 5) is 17.2. The van der Waals surface area contributed by atoms with Crippen molar-refractivity contribution in [1.29, 1.82) is 0 Å². The average Bonchev–Trinajstić information content (AvgIpc) is 3.47. The van der Waals surface area contributed by atoms with Crippen LogP contribution < -0.4 is 10.5 Å². The number of alkyl halides is 3. The summed E-state index contributed by atoms with van der Waals surface area (Å²) in [5.74, 6) is 1.95. The highest BCUT2D eigenvalue weighted by Crippen LogP contribution is 2.50. The van der Waals surface area contributed by atoms with Gasteiger partial charge in [-0.3, -0.25) is 0 Å². The lowest BCUT2D eigenvalue weighted by Gasteiger charge is -2.25. The van der Waals surface area contributed by atoms with Crippen molar-refractivity contribution in [3.63, 3.8) is 0 Å². The molecule has 0 saturated heterocycles. The number of thiazole rings is 1. The first-order chi connectivity index (χ1) is 18.8. The zero-order valence-electron chi connectivity index (χ0n) is 21.7. The Labute approximate surface area is 234 Å². The molecule has 0 aliphatic heterocycles. The molecule has 206 valence electrons. The van der Waals surface area contributed by atoms with Crippen LogP contribution in [0.5, 0.6) is 5.75 Å². The van der Waals surface area contributed by atoms with E-state index in [0.29, 0.717) is 6.61 Å². The highest BCUT2D eigenvalue weighted by Gasteiger charge is 2.42. The van der Waals surface area contributed by atoms with E-state index in [4.69, 9.17) is 9.72 Å². The number of fused-ring (bicyclic) bond motifs is 4. The zero-order chi connectivity index (χ0) is 27.9. The van der Waals surface area contributed by atoms with E-state index in [-0.39, 0.29) is 0 Å². The van der Waals surface area contributed by atoms with Crippen LogP contribution in [0.2, 0.25) is 0 Å². The normalized spacial score (nSPS) is 13.4. The van der Waals surface area contributed by atoms with Gasteiger partial charge in [0.25, 0.3) is 0 Å². The summed E-state index contributed by atoms with van der Waals surface area (Å²) >= 11 is 3.56. The predicted molar refractivity (Wildman–Crippen MR) is 154 cm³/mol. The monoisotopic (exact) mass is 572 g/mol. The molecular formula is C30H31F3N2O2S2. The summed E-state index contributed by atoms with van der Waals surface area (Å²) in [7, 11) is 0. The van der Waals surface area contributed by atoms with E-state index < -0.39 is 18.1 Å². The molecule has 4 aromatic rings. The zero-order valence-corrected chi connectivity index (χ0v) is 23.3. The van der Waals surface area contributed by atoms with E-state index in [1.807, 2.05) is 30.8 Å². The molecule has 0 fully saturated rings. The van der Waals surface area contributed by atoms with Gasteiger partial charge in [-0.15, -0.1) is 11.3 Å². The number of ether oxygens (including phenoxy) is 1. The molecule has 1 heterocycles. The molecule has 0 amide bonds. The van der Waals surface area contributed by atoms with Gasteiger partial charge in [0.15, 0.2) is 4.34 Å². The van der Waals surface area contributed by atoms with E-state index in [0.717, 1.165) is 58.2 Å². The molecule has 0 unspecified atom stereocenters. The van der Waals surface area contributed by atoms with E-state index >= 15 is 0 Å². The second-order valence-corrected chi connectivity index (χ2v) is 11.6. The van der Waals surface area contributed by atoms with Crippen LogP contribution in [0, 0.1) is 0 Å². The molecular weight excluding hydrogens is 541 g/mol. The lowest BCUT2D eigenvalue weighted by Crippen LogP contribution is -2.27. The minimum absolute atomic E-state index is 0.508. The van der Waals surface area contributed by atoms with Crippen LogP contribution in [0.3, 0.4) is 0 Å². The maximum atomic E-state index is 12.5. The van der Waals surface area contributed by atoms with Crippen molar-refractivity contribution >= 4 is 39.6 Å². The van der Waals surface area contributed by atoms with Crippen molar-refractivity contribution in [1.82, 2.24) is 4.98 Å². The fraction of sp³-hybridized carbons (Fsp3) is 0.333. The van der Waals surface area contributed by atoms with Crippen LogP contribution >= 0.6 is 23.1 Å². The maximum absolute atomic E-state index is 12.5. The molecule has 2 N–H and O–H groups in total. The number of unbranched alkanes of at least 4 members (excludes halogenated alkanes) is 2. The van der Waals surface area contributed by atoms with Crippen molar-refractivity contribution in [2.75, 3.05) is 18.9 Å². The highest BCUT2D eigenvalue weighted by molar-refractivity contribution is 8.01. The van der Waals surface area contributed by atoms with Gasteiger partial charge >= 0.3 is 6.18 Å². The minimum Gasteiger partial charge on any atom is -0.494 e. The Morgan fingerprint density at radius 1 is 1.00 bits per heavy atom. The second kappa shape index (κ2) is 13.0. The Bertz CT molecular complexity index is 1360. The predicted octanol–water partition coefficient (Wildman–Crippen LogP) is 8.02. The minimum atomic E-state index is -4.18. The number of thioether (sulfide) groups is 1. The van der Waals surface area contributed by atoms with Crippen molar-refractivity contribution in [2.45, 2.75) is 48.5 Å². The quantitative estimate of drug-likeness (QED) is 0.118. The summed E-state index contributed by atoms with van der Waals surface area (Å²) in [6, 6.07) is 22.9. The van der Waals surface area contributed by atoms with Crippen LogP contribution in [-0.4, -0.2) is 36.4 Å². The molecule has 9 heteroatoms. The first-order valence-electron chi connectivity index (χ1n) is 12.9. The van der Waals surface area contributed by atoms with Gasteiger partial charge in [0.1, 0.15) is 12.0 Å². The molecule has 4 nitrogen and oxygen atoms in total. The summed E-state index contributed by atoms with van der Waals surface area (Å²) in [5, 5.41) is 0. The van der Waals surface area contributed by atoms with Gasteiger partial charge in [0.2, 0.25) is 0 Å². The van der Waals surface area contributed by atoms with Gasteiger partial charge in [0, 0.05) is 5.75 Å². The molecule has 39 heavy (non-hydrogen) atoms. The Kier molecular flexibility index (Phi) is 9.69. The van der Waals surface area contributed by atoms with Gasteiger partial charge in [-0.25, -0.2) is 4.98 Å². The van der Waals surface area contributed by atoms with Crippen molar-refractivity contribution < 1.29 is 22.7 Å². The Balaban J connectivity index is 0.000000531. The van der Waals surface area contributed by atoms with E-state index in [1.54, 1.807) is 11.3 Å². The maximum Gasteiger partial charge on any atom is 0.400 e. The van der Waals surface area contributed by atoms with Gasteiger partial charge in [-0.1, -0.05) is 73.1 Å². The Hall–Kier alpha value is -2.88. The number of hydrogen-bond acceptors (Lipinski definition) is 6. The van der Waals surface area contributed by atoms with Crippen molar-refractivity contribution in [2.24, 2.45) is 5.73 Å². The number of rotatable bonds is 10. The fourth-order valence-electron chi connectivity index (χ4n) is 4.86. The third-order valence-electron chi connectivity index (χ3n) is 6.63. The average molecular weight is 573 g/mol. The molecule has 1 aromatic heterocycles. The number of aromatic nitrogens is 1. The van der Waals surface area contributed by atoms with E-state index in [1.165, 1.54) is 22.1 Å². The molecule has 5 rings (SSSR count). The van der Waals surface area contributed by atoms with E-state index in [2.05, 4.69) is 60.3 Å². The summed E-state index contributed by atoms with van der Waals surface area (Å²) in [5.41, 5.74) is 9.45. The summed E-state index contributed by atoms with van der Waals surface area (Å²) in [6.45, 7) is 1.45. The number of nitrogens with zero attached hydrogens (tertiary/aromatic N) is 1. The van der Waals surface area contributed by atoms with Crippen LogP contribution in [-0.2, 0) is 10.2 Å². The third-order valence-corrected chi connectivity index (χ3v) is 8.88. The Morgan fingerprint density at radius 2 is 1.64 bits per heavy atom. The van der Waals surface area contributed by atoms with Crippen LogP contribution in [0.25, 0.3) is 21.3 Å². The number of hydrogen-bond donors (Lipinski definition) is 1. The van der Waals surface area contributed by atoms with Gasteiger partial charge in [0.05, 0.1) is 28.8 Å². The molecule has 1 aliphatic rings. The summed E-state index contributed by atoms with van der Waals surface area (Å²) < 4.78 is 39.9. The van der Waals surface area contributed by atoms with Crippen LogP contribution in [0.15, 0.2) is 71.1 Å². The number of carbonyl (C=O) groups is 1. The van der Waals surface area contributed by atoms with Crippen molar-refractivity contribution in [3.05, 3.63) is 77.9 Å². The highest BCUT2D eigenvalue weighted by atomic mass is 32.2. The van der Waals surface area contributed by atoms with Gasteiger partial charge < -0.3 is 15.3 Å². The van der Waals surface area contributed by atoms with Crippen molar-refractivity contribution in [3.8, 4) is 16.9 Å². The number of benzene rings is 3. The number of carbonyl (C=O) groups excluding carboxylic acids is 1. The first kappa shape index (κ1) is 29.1. The molecule has 0 saturated carbocycles. The van der Waals surface area contributed by atoms with Gasteiger partial charge in [-0.2, -0.15) is 13.2 Å². The topological polar surface area (TPSA) is 65.2 Å².